The first-order valence-corrected chi connectivity index (χ1v) is 6.94. The lowest BCUT2D eigenvalue weighted by Crippen LogP contribution is -2.27. The van der Waals surface area contributed by atoms with Gasteiger partial charge in [0.25, 0.3) is 5.69 Å². The van der Waals surface area contributed by atoms with Crippen molar-refractivity contribution in [2.45, 2.75) is 19.8 Å². The summed E-state index contributed by atoms with van der Waals surface area (Å²) in [7, 11) is 1.76. The molecule has 0 bridgehead atoms. The predicted octanol–water partition coefficient (Wildman–Crippen LogP) is 2.80. The fourth-order valence-corrected chi connectivity index (χ4v) is 2.16. The predicted molar refractivity (Wildman–Crippen MR) is 81.9 cm³/mol. The molecule has 7 heteroatoms. The van der Waals surface area contributed by atoms with Crippen LogP contribution in [0.5, 0.6) is 0 Å². The van der Waals surface area contributed by atoms with Crippen LogP contribution in [0.25, 0.3) is 0 Å². The Morgan fingerprint density at radius 2 is 2.14 bits per heavy atom. The third kappa shape index (κ3) is 3.49. The molecule has 0 aliphatic carbocycles. The topological polar surface area (TPSA) is 85.0 Å². The van der Waals surface area contributed by atoms with Gasteiger partial charge in [-0.1, -0.05) is 12.1 Å². The Bertz CT molecular complexity index is 652. The number of aliphatic imine (C=N–C) groups is 1. The maximum Gasteiger partial charge on any atom is 0.335 e. The van der Waals surface area contributed by atoms with Crippen LogP contribution in [-0.2, 0) is 9.53 Å². The molecular weight excluding hydrogens is 286 g/mol. The second-order valence-electron chi connectivity index (χ2n) is 4.76. The van der Waals surface area contributed by atoms with Gasteiger partial charge in [0.1, 0.15) is 11.5 Å². The van der Waals surface area contributed by atoms with Gasteiger partial charge in [-0.15, -0.1) is 0 Å². The molecular formula is C15H17N3O4. The number of nitro benzene ring substituents is 1. The second-order valence-corrected chi connectivity index (χ2v) is 4.76. The second kappa shape index (κ2) is 6.84. The molecule has 7 nitrogen and oxygen atoms in total. The SMILES string of the molecule is CCOC(=O)C1=CN(C)C(=Nc2ccccc2[N+](=O)[O-])CC1. The number of esters is 1. The van der Waals surface area contributed by atoms with E-state index >= 15 is 0 Å². The van der Waals surface area contributed by atoms with E-state index in [4.69, 9.17) is 4.74 Å². The van der Waals surface area contributed by atoms with Gasteiger partial charge in [0.2, 0.25) is 0 Å². The van der Waals surface area contributed by atoms with Gasteiger partial charge >= 0.3 is 5.97 Å². The fourth-order valence-electron chi connectivity index (χ4n) is 2.16. The van der Waals surface area contributed by atoms with E-state index in [1.807, 2.05) is 0 Å². The van der Waals surface area contributed by atoms with Gasteiger partial charge in [-0.2, -0.15) is 0 Å². The van der Waals surface area contributed by atoms with Gasteiger partial charge in [-0.3, -0.25) is 10.1 Å². The molecule has 0 atom stereocenters. The number of amidine groups is 1. The summed E-state index contributed by atoms with van der Waals surface area (Å²) < 4.78 is 4.97. The molecule has 0 aromatic heterocycles. The van der Waals surface area contributed by atoms with Crippen LogP contribution >= 0.6 is 0 Å². The number of nitro groups is 1. The van der Waals surface area contributed by atoms with Gasteiger partial charge in [0.15, 0.2) is 0 Å². The molecule has 2 rings (SSSR count). The van der Waals surface area contributed by atoms with Crippen LogP contribution in [0.2, 0.25) is 0 Å². The number of ether oxygens (including phenoxy) is 1. The lowest BCUT2D eigenvalue weighted by Gasteiger charge is -2.23. The molecule has 0 fully saturated rings. The first-order chi connectivity index (χ1) is 10.5. The number of carbonyl (C=O) groups excluding carboxylic acids is 1. The molecule has 0 saturated heterocycles. The Kier molecular flexibility index (Phi) is 4.88. The summed E-state index contributed by atoms with van der Waals surface area (Å²) in [5.74, 6) is 0.335. The standard InChI is InChI=1S/C15H17N3O4/c1-3-22-15(19)11-8-9-14(17(2)10-11)16-12-6-4-5-7-13(12)18(20)21/h4-7,10H,3,8-9H2,1-2H3. The minimum atomic E-state index is -0.456. The highest BCUT2D eigenvalue weighted by molar-refractivity contribution is 5.94. The zero-order chi connectivity index (χ0) is 16.1. The Morgan fingerprint density at radius 3 is 2.77 bits per heavy atom. The minimum Gasteiger partial charge on any atom is -0.463 e. The first-order valence-electron chi connectivity index (χ1n) is 6.94. The normalized spacial score (nSPS) is 16.4. The molecule has 0 N–H and O–H groups in total. The van der Waals surface area contributed by atoms with E-state index in [9.17, 15) is 14.9 Å². The van der Waals surface area contributed by atoms with E-state index in [-0.39, 0.29) is 11.7 Å². The number of nitrogens with zero attached hydrogens (tertiary/aromatic N) is 3. The van der Waals surface area contributed by atoms with Crippen molar-refractivity contribution in [3.05, 3.63) is 46.2 Å². The molecule has 1 aromatic carbocycles. The molecule has 1 aliphatic rings. The van der Waals surface area contributed by atoms with Crippen LogP contribution in [0.3, 0.4) is 0 Å². The number of para-hydroxylation sites is 2. The van der Waals surface area contributed by atoms with E-state index in [1.54, 1.807) is 43.3 Å². The minimum absolute atomic E-state index is 0.0384. The van der Waals surface area contributed by atoms with Crippen LogP contribution in [-0.4, -0.2) is 35.3 Å². The van der Waals surface area contributed by atoms with Crippen molar-refractivity contribution in [2.24, 2.45) is 4.99 Å². The molecule has 22 heavy (non-hydrogen) atoms. The number of carbonyl (C=O) groups is 1. The molecule has 0 unspecified atom stereocenters. The quantitative estimate of drug-likeness (QED) is 0.485. The highest BCUT2D eigenvalue weighted by atomic mass is 16.6. The molecule has 0 radical (unpaired) electrons. The average molecular weight is 303 g/mol. The molecule has 0 saturated carbocycles. The number of hydrogen-bond acceptors (Lipinski definition) is 5. The molecule has 0 spiro atoms. The molecule has 0 amide bonds. The van der Waals surface area contributed by atoms with Crippen LogP contribution in [0.15, 0.2) is 41.0 Å². The van der Waals surface area contributed by atoms with E-state index in [0.717, 1.165) is 0 Å². The van der Waals surface area contributed by atoms with Gasteiger partial charge < -0.3 is 9.64 Å². The Balaban J connectivity index is 2.25. The van der Waals surface area contributed by atoms with Gasteiger partial charge in [0.05, 0.1) is 17.1 Å². The Hall–Kier alpha value is -2.70. The monoisotopic (exact) mass is 303 g/mol. The summed E-state index contributed by atoms with van der Waals surface area (Å²) in [4.78, 5) is 28.3. The molecule has 116 valence electrons. The smallest absolute Gasteiger partial charge is 0.335 e. The summed E-state index contributed by atoms with van der Waals surface area (Å²) >= 11 is 0. The van der Waals surface area contributed by atoms with Gasteiger partial charge in [-0.25, -0.2) is 9.79 Å². The van der Waals surface area contributed by atoms with Crippen molar-refractivity contribution in [2.75, 3.05) is 13.7 Å². The van der Waals surface area contributed by atoms with Crippen LogP contribution in [0.4, 0.5) is 11.4 Å². The molecule has 1 aliphatic heterocycles. The van der Waals surface area contributed by atoms with Crippen LogP contribution in [0.1, 0.15) is 19.8 Å². The van der Waals surface area contributed by atoms with Crippen LogP contribution in [0, 0.1) is 10.1 Å². The Labute approximate surface area is 128 Å². The van der Waals surface area contributed by atoms with E-state index in [1.165, 1.54) is 6.07 Å². The fraction of sp³-hybridized carbons (Fsp3) is 0.333. The number of benzene rings is 1. The lowest BCUT2D eigenvalue weighted by molar-refractivity contribution is -0.384. The summed E-state index contributed by atoms with van der Waals surface area (Å²) in [6.07, 6.45) is 2.69. The first kappa shape index (κ1) is 15.7. The number of hydrogen-bond donors (Lipinski definition) is 0. The zero-order valence-corrected chi connectivity index (χ0v) is 12.5. The highest BCUT2D eigenvalue weighted by Crippen LogP contribution is 2.28. The van der Waals surface area contributed by atoms with E-state index in [0.29, 0.717) is 36.5 Å². The molecule has 1 aromatic rings. The van der Waals surface area contributed by atoms with Gasteiger partial charge in [0, 0.05) is 25.7 Å². The van der Waals surface area contributed by atoms with Crippen molar-refractivity contribution >= 4 is 23.2 Å². The third-order valence-corrected chi connectivity index (χ3v) is 3.24. The summed E-state index contributed by atoms with van der Waals surface area (Å²) in [6.45, 7) is 2.09. The third-order valence-electron chi connectivity index (χ3n) is 3.24. The average Bonchev–Trinajstić information content (AvgIpc) is 2.50. The van der Waals surface area contributed by atoms with Crippen molar-refractivity contribution in [3.63, 3.8) is 0 Å². The zero-order valence-electron chi connectivity index (χ0n) is 12.5. The van der Waals surface area contributed by atoms with Crippen molar-refractivity contribution in [1.82, 2.24) is 4.90 Å². The lowest BCUT2D eigenvalue weighted by atomic mass is 10.1. The maximum atomic E-state index is 11.7. The van der Waals surface area contributed by atoms with E-state index < -0.39 is 4.92 Å². The maximum absolute atomic E-state index is 11.7. The van der Waals surface area contributed by atoms with Crippen molar-refractivity contribution in [3.8, 4) is 0 Å². The van der Waals surface area contributed by atoms with Crippen LogP contribution < -0.4 is 0 Å². The van der Waals surface area contributed by atoms with Crippen molar-refractivity contribution in [1.29, 1.82) is 0 Å². The van der Waals surface area contributed by atoms with Gasteiger partial charge in [-0.05, 0) is 19.4 Å². The summed E-state index contributed by atoms with van der Waals surface area (Å²) in [5.41, 5.74) is 0.844. The summed E-state index contributed by atoms with van der Waals surface area (Å²) in [5, 5.41) is 11.0. The van der Waals surface area contributed by atoms with E-state index in [2.05, 4.69) is 4.99 Å². The van der Waals surface area contributed by atoms with Crippen molar-refractivity contribution < 1.29 is 14.5 Å². The number of rotatable bonds is 4. The Morgan fingerprint density at radius 1 is 1.41 bits per heavy atom. The highest BCUT2D eigenvalue weighted by Gasteiger charge is 2.21. The summed E-state index contributed by atoms with van der Waals surface area (Å²) in [6, 6.07) is 6.33. The largest absolute Gasteiger partial charge is 0.463 e. The molecule has 1 heterocycles.